The number of carbonyl (C=O) groups is 1. The summed E-state index contributed by atoms with van der Waals surface area (Å²) in [6, 6.07) is 13.0. The maximum atomic E-state index is 11.5. The number of fused-ring (bicyclic) bond motifs is 1. The minimum Gasteiger partial charge on any atom is -0.477 e. The van der Waals surface area contributed by atoms with Gasteiger partial charge in [-0.15, -0.1) is 0 Å². The maximum absolute atomic E-state index is 11.5. The number of pyridine rings is 1. The predicted molar refractivity (Wildman–Crippen MR) is 76.4 cm³/mol. The van der Waals surface area contributed by atoms with Gasteiger partial charge in [-0.3, -0.25) is 4.40 Å². The molecular weight excluding hydrogens is 276 g/mol. The molecule has 3 rings (SSSR count). The van der Waals surface area contributed by atoms with Crippen molar-refractivity contribution in [2.24, 2.45) is 0 Å². The number of halogens is 1. The average molecular weight is 287 g/mol. The van der Waals surface area contributed by atoms with E-state index in [1.165, 1.54) is 0 Å². The Morgan fingerprint density at radius 1 is 1.25 bits per heavy atom. The molecule has 0 aliphatic heterocycles. The molecule has 100 valence electrons. The molecule has 0 bridgehead atoms. The summed E-state index contributed by atoms with van der Waals surface area (Å²) in [4.78, 5) is 15.9. The van der Waals surface area contributed by atoms with Crippen molar-refractivity contribution in [2.75, 3.05) is 0 Å². The van der Waals surface area contributed by atoms with Crippen molar-refractivity contribution >= 4 is 23.2 Å². The van der Waals surface area contributed by atoms with E-state index in [-0.39, 0.29) is 5.69 Å². The molecule has 2 aromatic heterocycles. The summed E-state index contributed by atoms with van der Waals surface area (Å²) < 4.78 is 1.55. The number of hydrogen-bond donors (Lipinski definition) is 1. The normalized spacial score (nSPS) is 10.8. The second-order valence-corrected chi connectivity index (χ2v) is 4.88. The number of benzene rings is 1. The molecule has 1 N–H and O–H groups in total. The van der Waals surface area contributed by atoms with E-state index in [4.69, 9.17) is 11.6 Å². The van der Waals surface area contributed by atoms with Crippen LogP contribution in [0.5, 0.6) is 0 Å². The number of imidazole rings is 1. The van der Waals surface area contributed by atoms with E-state index in [9.17, 15) is 9.90 Å². The number of hydrogen-bond acceptors (Lipinski definition) is 2. The van der Waals surface area contributed by atoms with Crippen LogP contribution in [0.4, 0.5) is 0 Å². The number of nitrogens with zero attached hydrogens (tertiary/aromatic N) is 2. The van der Waals surface area contributed by atoms with Crippen LogP contribution in [0.1, 0.15) is 21.7 Å². The van der Waals surface area contributed by atoms with E-state index in [0.29, 0.717) is 22.8 Å². The van der Waals surface area contributed by atoms with E-state index >= 15 is 0 Å². The summed E-state index contributed by atoms with van der Waals surface area (Å²) in [5, 5.41) is 9.94. The molecule has 2 heterocycles. The van der Waals surface area contributed by atoms with Crippen LogP contribution >= 0.6 is 11.6 Å². The van der Waals surface area contributed by atoms with Crippen LogP contribution in [0.3, 0.4) is 0 Å². The summed E-state index contributed by atoms with van der Waals surface area (Å²) >= 11 is 5.92. The Bertz CT molecular complexity index is 781. The Labute approximate surface area is 120 Å². The van der Waals surface area contributed by atoms with Gasteiger partial charge in [-0.05, 0) is 11.6 Å². The summed E-state index contributed by atoms with van der Waals surface area (Å²) in [5.41, 5.74) is 2.27. The lowest BCUT2D eigenvalue weighted by molar-refractivity contribution is 0.0688. The van der Waals surface area contributed by atoms with Gasteiger partial charge in [-0.1, -0.05) is 41.9 Å². The zero-order chi connectivity index (χ0) is 14.1. The van der Waals surface area contributed by atoms with Gasteiger partial charge < -0.3 is 5.11 Å². The number of rotatable bonds is 3. The third-order valence-corrected chi connectivity index (χ3v) is 3.31. The summed E-state index contributed by atoms with van der Waals surface area (Å²) in [6.45, 7) is 0. The van der Waals surface area contributed by atoms with E-state index in [2.05, 4.69) is 4.98 Å². The van der Waals surface area contributed by atoms with Crippen LogP contribution in [-0.4, -0.2) is 20.5 Å². The molecule has 0 spiro atoms. The van der Waals surface area contributed by atoms with E-state index in [1.54, 1.807) is 22.7 Å². The van der Waals surface area contributed by atoms with Crippen LogP contribution in [0.25, 0.3) is 5.65 Å². The Hall–Kier alpha value is -2.33. The summed E-state index contributed by atoms with van der Waals surface area (Å²) in [6.07, 6.45) is 2.10. The highest BCUT2D eigenvalue weighted by molar-refractivity contribution is 6.30. The molecular formula is C15H11ClN2O2. The first-order chi connectivity index (χ1) is 9.65. The number of carboxylic acid groups (broad SMARTS) is 1. The van der Waals surface area contributed by atoms with Gasteiger partial charge in [0.25, 0.3) is 0 Å². The molecule has 20 heavy (non-hydrogen) atoms. The molecule has 3 aromatic rings. The van der Waals surface area contributed by atoms with Crippen molar-refractivity contribution in [1.29, 1.82) is 0 Å². The summed E-state index contributed by atoms with van der Waals surface area (Å²) in [5.74, 6) is -0.995. The van der Waals surface area contributed by atoms with Gasteiger partial charge in [-0.25, -0.2) is 9.78 Å². The molecule has 0 amide bonds. The van der Waals surface area contributed by atoms with Crippen molar-refractivity contribution in [3.63, 3.8) is 0 Å². The molecule has 4 nitrogen and oxygen atoms in total. The molecule has 0 saturated heterocycles. The maximum Gasteiger partial charge on any atom is 0.354 e. The fraction of sp³-hybridized carbons (Fsp3) is 0.0667. The van der Waals surface area contributed by atoms with Gasteiger partial charge in [0.2, 0.25) is 0 Å². The third-order valence-electron chi connectivity index (χ3n) is 3.08. The lowest BCUT2D eigenvalue weighted by Gasteiger charge is -2.00. The monoisotopic (exact) mass is 286 g/mol. The largest absolute Gasteiger partial charge is 0.477 e. The first-order valence-electron chi connectivity index (χ1n) is 6.09. The minimum atomic E-state index is -0.995. The average Bonchev–Trinajstić information content (AvgIpc) is 2.76. The Morgan fingerprint density at radius 2 is 2.00 bits per heavy atom. The molecule has 1 aromatic carbocycles. The molecule has 0 atom stereocenters. The lowest BCUT2D eigenvalue weighted by atomic mass is 10.1. The van der Waals surface area contributed by atoms with E-state index in [1.807, 2.05) is 30.3 Å². The first kappa shape index (κ1) is 12.7. The second kappa shape index (κ2) is 4.98. The number of aromatic nitrogens is 2. The zero-order valence-electron chi connectivity index (χ0n) is 10.5. The van der Waals surface area contributed by atoms with Crippen LogP contribution in [0, 0.1) is 0 Å². The SMILES string of the molecule is O=C(O)c1c(Cc2ccccc2)nc2cc(Cl)ccn12. The first-order valence-corrected chi connectivity index (χ1v) is 6.46. The second-order valence-electron chi connectivity index (χ2n) is 4.45. The van der Waals surface area contributed by atoms with Gasteiger partial charge in [0.15, 0.2) is 5.69 Å². The fourth-order valence-electron chi connectivity index (χ4n) is 2.21. The van der Waals surface area contributed by atoms with E-state index < -0.39 is 5.97 Å². The third kappa shape index (κ3) is 2.26. The molecule has 0 radical (unpaired) electrons. The predicted octanol–water partition coefficient (Wildman–Crippen LogP) is 3.28. The molecule has 0 saturated carbocycles. The summed E-state index contributed by atoms with van der Waals surface area (Å²) in [7, 11) is 0. The quantitative estimate of drug-likeness (QED) is 0.804. The Kier molecular flexibility index (Phi) is 3.16. The van der Waals surface area contributed by atoms with Gasteiger partial charge in [-0.2, -0.15) is 0 Å². The Balaban J connectivity index is 2.14. The number of carboxylic acids is 1. The van der Waals surface area contributed by atoms with Crippen molar-refractivity contribution in [3.8, 4) is 0 Å². The van der Waals surface area contributed by atoms with Gasteiger partial charge in [0.05, 0.1) is 5.69 Å². The van der Waals surface area contributed by atoms with Crippen molar-refractivity contribution < 1.29 is 9.90 Å². The number of aromatic carboxylic acids is 1. The lowest BCUT2D eigenvalue weighted by Crippen LogP contribution is -2.05. The van der Waals surface area contributed by atoms with Gasteiger partial charge in [0, 0.05) is 23.7 Å². The topological polar surface area (TPSA) is 54.6 Å². The fourth-order valence-corrected chi connectivity index (χ4v) is 2.36. The smallest absolute Gasteiger partial charge is 0.354 e. The van der Waals surface area contributed by atoms with E-state index in [0.717, 1.165) is 5.56 Å². The molecule has 0 aliphatic carbocycles. The molecule has 5 heteroatoms. The highest BCUT2D eigenvalue weighted by atomic mass is 35.5. The van der Waals surface area contributed by atoms with Gasteiger partial charge >= 0.3 is 5.97 Å². The standard InChI is InChI=1S/C15H11ClN2O2/c16-11-6-7-18-13(9-11)17-12(14(18)15(19)20)8-10-4-2-1-3-5-10/h1-7,9H,8H2,(H,19,20). The Morgan fingerprint density at radius 3 is 2.70 bits per heavy atom. The molecule has 0 aliphatic rings. The molecule has 0 unspecified atom stereocenters. The highest BCUT2D eigenvalue weighted by Gasteiger charge is 2.18. The van der Waals surface area contributed by atoms with Gasteiger partial charge in [0.1, 0.15) is 5.65 Å². The van der Waals surface area contributed by atoms with Crippen molar-refractivity contribution in [3.05, 3.63) is 70.6 Å². The zero-order valence-corrected chi connectivity index (χ0v) is 11.2. The van der Waals surface area contributed by atoms with Crippen LogP contribution in [-0.2, 0) is 6.42 Å². The van der Waals surface area contributed by atoms with Crippen molar-refractivity contribution in [2.45, 2.75) is 6.42 Å². The minimum absolute atomic E-state index is 0.181. The van der Waals surface area contributed by atoms with Crippen LogP contribution < -0.4 is 0 Å². The molecule has 0 fully saturated rings. The highest BCUT2D eigenvalue weighted by Crippen LogP contribution is 2.19. The van der Waals surface area contributed by atoms with Crippen molar-refractivity contribution in [1.82, 2.24) is 9.38 Å². The van der Waals surface area contributed by atoms with Crippen LogP contribution in [0.2, 0.25) is 5.02 Å². The van der Waals surface area contributed by atoms with Crippen LogP contribution in [0.15, 0.2) is 48.7 Å².